The SMILES string of the molecule is O=C(O)CCN1CCCC[C@@H]1CO. The number of carbonyl (C=O) groups is 1. The molecule has 2 N–H and O–H groups in total. The van der Waals surface area contributed by atoms with Gasteiger partial charge in [0.15, 0.2) is 0 Å². The summed E-state index contributed by atoms with van der Waals surface area (Å²) >= 11 is 0. The maximum Gasteiger partial charge on any atom is 0.304 e. The molecule has 0 aromatic carbocycles. The van der Waals surface area contributed by atoms with Crippen molar-refractivity contribution in [2.24, 2.45) is 0 Å². The second-order valence-electron chi connectivity index (χ2n) is 3.51. The van der Waals surface area contributed by atoms with E-state index in [1.807, 2.05) is 0 Å². The van der Waals surface area contributed by atoms with E-state index in [-0.39, 0.29) is 19.1 Å². The van der Waals surface area contributed by atoms with Gasteiger partial charge in [0.1, 0.15) is 0 Å². The van der Waals surface area contributed by atoms with Gasteiger partial charge < -0.3 is 10.2 Å². The molecular formula is C9H17NO3. The van der Waals surface area contributed by atoms with Crippen LogP contribution in [-0.4, -0.2) is 46.8 Å². The van der Waals surface area contributed by atoms with Gasteiger partial charge in [-0.3, -0.25) is 9.69 Å². The first kappa shape index (κ1) is 10.5. The quantitative estimate of drug-likeness (QED) is 0.665. The molecule has 1 aliphatic rings. The zero-order valence-corrected chi connectivity index (χ0v) is 7.78. The third-order valence-corrected chi connectivity index (χ3v) is 2.57. The number of carboxylic acid groups (broad SMARTS) is 1. The van der Waals surface area contributed by atoms with Crippen molar-refractivity contribution in [3.8, 4) is 0 Å². The summed E-state index contributed by atoms with van der Waals surface area (Å²) in [6.07, 6.45) is 3.44. The van der Waals surface area contributed by atoms with Crippen LogP contribution in [0.4, 0.5) is 0 Å². The van der Waals surface area contributed by atoms with Crippen LogP contribution < -0.4 is 0 Å². The Labute approximate surface area is 78.2 Å². The Hall–Kier alpha value is -0.610. The highest BCUT2D eigenvalue weighted by molar-refractivity contribution is 5.66. The summed E-state index contributed by atoms with van der Waals surface area (Å²) in [4.78, 5) is 12.4. The summed E-state index contributed by atoms with van der Waals surface area (Å²) in [6, 6.07) is 0.188. The van der Waals surface area contributed by atoms with Crippen LogP contribution in [0, 0.1) is 0 Å². The number of hydrogen-bond donors (Lipinski definition) is 2. The van der Waals surface area contributed by atoms with E-state index in [4.69, 9.17) is 10.2 Å². The molecular weight excluding hydrogens is 170 g/mol. The molecule has 13 heavy (non-hydrogen) atoms. The standard InChI is InChI=1S/C9H17NO3/c11-7-8-3-1-2-5-10(8)6-4-9(12)13/h8,11H,1-7H2,(H,12,13)/t8-/m1/s1. The lowest BCUT2D eigenvalue weighted by Crippen LogP contribution is -2.42. The molecule has 1 aliphatic heterocycles. The predicted molar refractivity (Wildman–Crippen MR) is 48.6 cm³/mol. The number of rotatable bonds is 4. The van der Waals surface area contributed by atoms with Crippen LogP contribution >= 0.6 is 0 Å². The molecule has 0 aliphatic carbocycles. The Bertz CT molecular complexity index is 172. The highest BCUT2D eigenvalue weighted by Gasteiger charge is 2.21. The van der Waals surface area contributed by atoms with Gasteiger partial charge in [0, 0.05) is 12.6 Å². The van der Waals surface area contributed by atoms with Gasteiger partial charge in [-0.15, -0.1) is 0 Å². The molecule has 1 atom stereocenters. The van der Waals surface area contributed by atoms with Crippen molar-refractivity contribution in [2.75, 3.05) is 19.7 Å². The molecule has 4 heteroatoms. The zero-order chi connectivity index (χ0) is 9.68. The smallest absolute Gasteiger partial charge is 0.304 e. The van der Waals surface area contributed by atoms with E-state index in [1.165, 1.54) is 0 Å². The molecule has 0 aromatic heterocycles. The van der Waals surface area contributed by atoms with Crippen molar-refractivity contribution in [3.05, 3.63) is 0 Å². The Kier molecular flexibility index (Phi) is 4.18. The second kappa shape index (κ2) is 5.19. The largest absolute Gasteiger partial charge is 0.481 e. The number of piperidine rings is 1. The van der Waals surface area contributed by atoms with Crippen LogP contribution in [0.5, 0.6) is 0 Å². The molecule has 1 fully saturated rings. The number of carboxylic acids is 1. The van der Waals surface area contributed by atoms with Crippen molar-refractivity contribution in [2.45, 2.75) is 31.7 Å². The zero-order valence-electron chi connectivity index (χ0n) is 7.78. The third kappa shape index (κ3) is 3.32. The Morgan fingerprint density at radius 3 is 2.85 bits per heavy atom. The van der Waals surface area contributed by atoms with E-state index in [2.05, 4.69) is 4.90 Å². The summed E-state index contributed by atoms with van der Waals surface area (Å²) in [5.74, 6) is -0.762. The van der Waals surface area contributed by atoms with Gasteiger partial charge in [-0.2, -0.15) is 0 Å². The number of aliphatic hydroxyl groups is 1. The lowest BCUT2D eigenvalue weighted by atomic mass is 10.0. The minimum atomic E-state index is -0.762. The fourth-order valence-corrected chi connectivity index (χ4v) is 1.80. The number of aliphatic hydroxyl groups excluding tert-OH is 1. The highest BCUT2D eigenvalue weighted by atomic mass is 16.4. The molecule has 1 rings (SSSR count). The minimum Gasteiger partial charge on any atom is -0.481 e. The van der Waals surface area contributed by atoms with Crippen molar-refractivity contribution in [3.63, 3.8) is 0 Å². The fraction of sp³-hybridized carbons (Fsp3) is 0.889. The molecule has 1 heterocycles. The lowest BCUT2D eigenvalue weighted by Gasteiger charge is -2.34. The summed E-state index contributed by atoms with van der Waals surface area (Å²) in [6.45, 7) is 1.65. The van der Waals surface area contributed by atoms with Crippen LogP contribution in [0.1, 0.15) is 25.7 Å². The molecule has 76 valence electrons. The highest BCUT2D eigenvalue weighted by Crippen LogP contribution is 2.16. The number of likely N-dealkylation sites (tertiary alicyclic amines) is 1. The van der Waals surface area contributed by atoms with Gasteiger partial charge in [0.25, 0.3) is 0 Å². The van der Waals surface area contributed by atoms with E-state index >= 15 is 0 Å². The van der Waals surface area contributed by atoms with Crippen LogP contribution in [0.2, 0.25) is 0 Å². The molecule has 4 nitrogen and oxygen atoms in total. The van der Waals surface area contributed by atoms with Crippen molar-refractivity contribution in [1.29, 1.82) is 0 Å². The molecule has 0 bridgehead atoms. The van der Waals surface area contributed by atoms with Crippen LogP contribution in [0.15, 0.2) is 0 Å². The molecule has 0 spiro atoms. The third-order valence-electron chi connectivity index (χ3n) is 2.57. The van der Waals surface area contributed by atoms with Gasteiger partial charge in [-0.05, 0) is 19.4 Å². The predicted octanol–water partition coefficient (Wildman–Crippen LogP) is 0.308. The summed E-state index contributed by atoms with van der Waals surface area (Å²) in [7, 11) is 0. The monoisotopic (exact) mass is 187 g/mol. The maximum absolute atomic E-state index is 10.3. The number of hydrogen-bond acceptors (Lipinski definition) is 3. The van der Waals surface area contributed by atoms with E-state index in [0.29, 0.717) is 6.54 Å². The number of aliphatic carboxylic acids is 1. The minimum absolute atomic E-state index is 0.152. The first-order valence-corrected chi connectivity index (χ1v) is 4.80. The topological polar surface area (TPSA) is 60.8 Å². The van der Waals surface area contributed by atoms with E-state index < -0.39 is 5.97 Å². The average molecular weight is 187 g/mol. The molecule has 0 aromatic rings. The molecule has 0 saturated carbocycles. The van der Waals surface area contributed by atoms with E-state index in [0.717, 1.165) is 25.8 Å². The summed E-state index contributed by atoms with van der Waals surface area (Å²) < 4.78 is 0. The summed E-state index contributed by atoms with van der Waals surface area (Å²) in [5.41, 5.74) is 0. The normalized spacial score (nSPS) is 24.5. The van der Waals surface area contributed by atoms with E-state index in [1.54, 1.807) is 0 Å². The fourth-order valence-electron chi connectivity index (χ4n) is 1.80. The molecule has 0 amide bonds. The Morgan fingerprint density at radius 1 is 1.46 bits per heavy atom. The first-order valence-electron chi connectivity index (χ1n) is 4.80. The van der Waals surface area contributed by atoms with Crippen LogP contribution in [0.3, 0.4) is 0 Å². The first-order chi connectivity index (χ1) is 6.24. The van der Waals surface area contributed by atoms with Crippen LogP contribution in [0.25, 0.3) is 0 Å². The van der Waals surface area contributed by atoms with Crippen molar-refractivity contribution in [1.82, 2.24) is 4.90 Å². The van der Waals surface area contributed by atoms with Gasteiger partial charge in [0.2, 0.25) is 0 Å². The molecule has 1 saturated heterocycles. The second-order valence-corrected chi connectivity index (χ2v) is 3.51. The Morgan fingerprint density at radius 2 is 2.23 bits per heavy atom. The van der Waals surface area contributed by atoms with Gasteiger partial charge >= 0.3 is 5.97 Å². The van der Waals surface area contributed by atoms with Gasteiger partial charge in [-0.25, -0.2) is 0 Å². The van der Waals surface area contributed by atoms with Crippen LogP contribution in [-0.2, 0) is 4.79 Å². The number of nitrogens with zero attached hydrogens (tertiary/aromatic N) is 1. The molecule has 0 radical (unpaired) electrons. The van der Waals surface area contributed by atoms with Crippen molar-refractivity contribution < 1.29 is 15.0 Å². The van der Waals surface area contributed by atoms with Gasteiger partial charge in [0.05, 0.1) is 13.0 Å². The van der Waals surface area contributed by atoms with Crippen molar-refractivity contribution >= 4 is 5.97 Å². The maximum atomic E-state index is 10.3. The average Bonchev–Trinajstić information content (AvgIpc) is 2.15. The van der Waals surface area contributed by atoms with Gasteiger partial charge in [-0.1, -0.05) is 6.42 Å². The Balaban J connectivity index is 2.31. The lowest BCUT2D eigenvalue weighted by molar-refractivity contribution is -0.137. The molecule has 0 unspecified atom stereocenters. The van der Waals surface area contributed by atoms with E-state index in [9.17, 15) is 4.79 Å². The summed E-state index contributed by atoms with van der Waals surface area (Å²) in [5, 5.41) is 17.6.